The fraction of sp³-hybridized carbons (Fsp3) is 0.143. The number of nitrogens with one attached hydrogen (secondary N) is 1. The highest BCUT2D eigenvalue weighted by Crippen LogP contribution is 2.29. The number of aryl methyl sites for hydroxylation is 1. The smallest absolute Gasteiger partial charge is 0.349 e. The summed E-state index contributed by atoms with van der Waals surface area (Å²) in [6.07, 6.45) is 0. The number of carbonyl (C=O) groups excluding carboxylic acids is 2. The van der Waals surface area contributed by atoms with Crippen molar-refractivity contribution in [3.05, 3.63) is 76.0 Å². The van der Waals surface area contributed by atoms with Gasteiger partial charge in [0.2, 0.25) is 5.91 Å². The van der Waals surface area contributed by atoms with Gasteiger partial charge in [-0.1, -0.05) is 17.7 Å². The van der Waals surface area contributed by atoms with Crippen LogP contribution in [0.2, 0.25) is 0 Å². The van der Waals surface area contributed by atoms with Crippen LogP contribution in [-0.4, -0.2) is 33.9 Å². The highest BCUT2D eigenvalue weighted by atomic mass is 32.2. The van der Waals surface area contributed by atoms with E-state index in [0.29, 0.717) is 0 Å². The normalized spacial score (nSPS) is 11.1. The molecule has 0 aliphatic carbocycles. The molecule has 0 bridgehead atoms. The number of amides is 1. The highest BCUT2D eigenvalue weighted by Gasteiger charge is 2.32. The lowest BCUT2D eigenvalue weighted by molar-refractivity contribution is -0.114. The van der Waals surface area contributed by atoms with Gasteiger partial charge in [-0.2, -0.15) is 0 Å². The van der Waals surface area contributed by atoms with Crippen LogP contribution in [0.3, 0.4) is 0 Å². The first-order valence-corrected chi connectivity index (χ1v) is 11.5. The molecule has 168 valence electrons. The summed E-state index contributed by atoms with van der Waals surface area (Å²) >= 11 is 0.890. The molecule has 1 amide bonds. The molecule has 0 saturated heterocycles. The summed E-state index contributed by atoms with van der Waals surface area (Å²) < 4.78 is 59.0. The Labute approximate surface area is 187 Å². The molecule has 32 heavy (non-hydrogen) atoms. The number of benzene rings is 2. The van der Waals surface area contributed by atoms with Crippen LogP contribution in [0.25, 0.3) is 0 Å². The first-order valence-electron chi connectivity index (χ1n) is 9.13. The predicted molar refractivity (Wildman–Crippen MR) is 116 cm³/mol. The van der Waals surface area contributed by atoms with Crippen molar-refractivity contribution in [3.8, 4) is 0 Å². The zero-order valence-electron chi connectivity index (χ0n) is 17.0. The molecule has 2 aromatic carbocycles. The van der Waals surface area contributed by atoms with Crippen LogP contribution in [0.15, 0.2) is 58.8 Å². The standard InChI is InChI=1S/C21H18F2N2O5S2/c1-13-3-6-15(7-4-13)25(12-19(26)24-14-5-8-16(22)17(23)11-14)32(28,29)18-9-10-31-20(18)21(27)30-2/h3-11H,12H2,1-2H3,(H,24,26). The zero-order chi connectivity index (χ0) is 23.5. The highest BCUT2D eigenvalue weighted by molar-refractivity contribution is 7.93. The maximum Gasteiger partial charge on any atom is 0.349 e. The number of anilines is 2. The number of thiophene rings is 1. The number of hydrogen-bond donors (Lipinski definition) is 1. The summed E-state index contributed by atoms with van der Waals surface area (Å²) in [4.78, 5) is 24.2. The first-order chi connectivity index (χ1) is 15.1. The fourth-order valence-corrected chi connectivity index (χ4v) is 5.52. The minimum absolute atomic E-state index is 0.0408. The summed E-state index contributed by atoms with van der Waals surface area (Å²) in [6.45, 7) is 1.13. The van der Waals surface area contributed by atoms with E-state index in [4.69, 9.17) is 0 Å². The topological polar surface area (TPSA) is 92.8 Å². The van der Waals surface area contributed by atoms with Gasteiger partial charge in [-0.05, 0) is 42.6 Å². The van der Waals surface area contributed by atoms with Gasteiger partial charge >= 0.3 is 5.97 Å². The molecule has 0 saturated carbocycles. The van der Waals surface area contributed by atoms with Crippen molar-refractivity contribution in [3.63, 3.8) is 0 Å². The molecule has 0 atom stereocenters. The van der Waals surface area contributed by atoms with E-state index >= 15 is 0 Å². The number of carbonyl (C=O) groups is 2. The van der Waals surface area contributed by atoms with Crippen molar-refractivity contribution >= 4 is 44.6 Å². The lowest BCUT2D eigenvalue weighted by atomic mass is 10.2. The lowest BCUT2D eigenvalue weighted by Crippen LogP contribution is -2.38. The molecule has 3 rings (SSSR count). The van der Waals surface area contributed by atoms with Gasteiger partial charge in [-0.3, -0.25) is 9.10 Å². The second-order valence-corrected chi connectivity index (χ2v) is 9.38. The Bertz CT molecular complexity index is 1260. The van der Waals surface area contributed by atoms with Crippen molar-refractivity contribution in [2.75, 3.05) is 23.3 Å². The number of esters is 1. The number of methoxy groups -OCH3 is 1. The van der Waals surface area contributed by atoms with E-state index in [1.165, 1.54) is 23.6 Å². The van der Waals surface area contributed by atoms with Crippen LogP contribution in [0, 0.1) is 18.6 Å². The summed E-state index contributed by atoms with van der Waals surface area (Å²) in [5.74, 6) is -3.87. The van der Waals surface area contributed by atoms with E-state index in [-0.39, 0.29) is 21.1 Å². The quantitative estimate of drug-likeness (QED) is 0.517. The van der Waals surface area contributed by atoms with Crippen molar-refractivity contribution in [1.29, 1.82) is 0 Å². The maximum atomic E-state index is 13.4. The Kier molecular flexibility index (Phi) is 6.90. The molecule has 1 N–H and O–H groups in total. The monoisotopic (exact) mass is 480 g/mol. The van der Waals surface area contributed by atoms with E-state index in [1.807, 2.05) is 6.92 Å². The van der Waals surface area contributed by atoms with E-state index < -0.39 is 40.1 Å². The van der Waals surface area contributed by atoms with Crippen LogP contribution >= 0.6 is 11.3 Å². The SMILES string of the molecule is COC(=O)c1sccc1S(=O)(=O)N(CC(=O)Nc1ccc(F)c(F)c1)c1ccc(C)cc1. The average Bonchev–Trinajstić information content (AvgIpc) is 3.26. The van der Waals surface area contributed by atoms with Crippen LogP contribution in [0.1, 0.15) is 15.2 Å². The van der Waals surface area contributed by atoms with E-state index in [2.05, 4.69) is 10.1 Å². The van der Waals surface area contributed by atoms with Gasteiger partial charge in [0, 0.05) is 11.8 Å². The Morgan fingerprint density at radius 3 is 2.38 bits per heavy atom. The third-order valence-electron chi connectivity index (χ3n) is 4.38. The predicted octanol–water partition coefficient (Wildman–Crippen LogP) is 3.96. The van der Waals surface area contributed by atoms with Crippen LogP contribution in [0.4, 0.5) is 20.2 Å². The molecule has 1 heterocycles. The molecule has 3 aromatic rings. The number of ether oxygens (including phenoxy) is 1. The van der Waals surface area contributed by atoms with Gasteiger partial charge < -0.3 is 10.1 Å². The minimum atomic E-state index is -4.36. The Hall–Kier alpha value is -3.31. The molecule has 0 radical (unpaired) electrons. The van der Waals surface area contributed by atoms with E-state index in [9.17, 15) is 26.8 Å². The molecule has 0 aliphatic rings. The first kappa shape index (κ1) is 23.4. The molecule has 0 aliphatic heterocycles. The maximum absolute atomic E-state index is 13.4. The Morgan fingerprint density at radius 2 is 1.75 bits per heavy atom. The third-order valence-corrected chi connectivity index (χ3v) is 7.22. The van der Waals surface area contributed by atoms with Crippen LogP contribution < -0.4 is 9.62 Å². The van der Waals surface area contributed by atoms with Crippen molar-refractivity contribution in [2.24, 2.45) is 0 Å². The van der Waals surface area contributed by atoms with E-state index in [0.717, 1.165) is 46.5 Å². The zero-order valence-corrected chi connectivity index (χ0v) is 18.6. The molecule has 11 heteroatoms. The summed E-state index contributed by atoms with van der Waals surface area (Å²) in [6, 6.07) is 10.4. The van der Waals surface area contributed by atoms with Crippen molar-refractivity contribution in [1.82, 2.24) is 0 Å². The number of rotatable bonds is 7. The van der Waals surface area contributed by atoms with Gasteiger partial charge in [0.15, 0.2) is 11.6 Å². The number of halogens is 2. The Balaban J connectivity index is 1.98. The van der Waals surface area contributed by atoms with E-state index in [1.54, 1.807) is 12.1 Å². The molecule has 0 fully saturated rings. The molecule has 0 unspecified atom stereocenters. The van der Waals surface area contributed by atoms with Gasteiger partial charge in [0.05, 0.1) is 12.8 Å². The molecule has 1 aromatic heterocycles. The largest absolute Gasteiger partial charge is 0.465 e. The second kappa shape index (κ2) is 9.45. The molecular formula is C21H18F2N2O5S2. The minimum Gasteiger partial charge on any atom is -0.465 e. The van der Waals surface area contributed by atoms with Gasteiger partial charge in [-0.25, -0.2) is 22.0 Å². The average molecular weight is 481 g/mol. The fourth-order valence-electron chi connectivity index (χ4n) is 2.79. The van der Waals surface area contributed by atoms with Gasteiger partial charge in [-0.15, -0.1) is 11.3 Å². The van der Waals surface area contributed by atoms with Crippen LogP contribution in [0.5, 0.6) is 0 Å². The van der Waals surface area contributed by atoms with Crippen molar-refractivity contribution in [2.45, 2.75) is 11.8 Å². The summed E-state index contributed by atoms with van der Waals surface area (Å²) in [5, 5.41) is 3.77. The van der Waals surface area contributed by atoms with Gasteiger partial charge in [0.25, 0.3) is 10.0 Å². The van der Waals surface area contributed by atoms with Crippen LogP contribution in [-0.2, 0) is 19.6 Å². The number of nitrogens with zero attached hydrogens (tertiary/aromatic N) is 1. The van der Waals surface area contributed by atoms with Crippen molar-refractivity contribution < 1.29 is 31.5 Å². The summed E-state index contributed by atoms with van der Waals surface area (Å²) in [7, 11) is -3.23. The van der Waals surface area contributed by atoms with Gasteiger partial charge in [0.1, 0.15) is 16.3 Å². The molecule has 7 nitrogen and oxygen atoms in total. The number of sulfonamides is 1. The third kappa shape index (κ3) is 4.94. The lowest BCUT2D eigenvalue weighted by Gasteiger charge is -2.24. The number of hydrogen-bond acceptors (Lipinski definition) is 6. The Morgan fingerprint density at radius 1 is 1.06 bits per heavy atom. The molecular weight excluding hydrogens is 462 g/mol. The summed E-state index contributed by atoms with van der Waals surface area (Å²) in [5.41, 5.74) is 1.00. The second-order valence-electron chi connectivity index (χ2n) is 6.63. The molecule has 0 spiro atoms.